The average molecular weight is 361 g/mol. The molecule has 0 heterocycles. The minimum atomic E-state index is -4.50. The Kier molecular flexibility index (Phi) is 5.22. The van der Waals surface area contributed by atoms with Crippen LogP contribution in [0.2, 0.25) is 0 Å². The standard InChI is InChI=1S/C10H12BrF3N2O2S/c1-15-19(17,18)5-4-16-9-6-7(11)2-3-8(9)10(12,13)14/h2-3,6,15-16H,4-5H2,1H3. The number of rotatable bonds is 5. The second-order valence-electron chi connectivity index (χ2n) is 3.64. The van der Waals surface area contributed by atoms with Crippen LogP contribution in [0.25, 0.3) is 0 Å². The number of hydrogen-bond donors (Lipinski definition) is 2. The van der Waals surface area contributed by atoms with Crippen LogP contribution in [0.5, 0.6) is 0 Å². The van der Waals surface area contributed by atoms with Gasteiger partial charge < -0.3 is 5.32 Å². The lowest BCUT2D eigenvalue weighted by molar-refractivity contribution is -0.136. The van der Waals surface area contributed by atoms with Crippen molar-refractivity contribution in [2.75, 3.05) is 24.7 Å². The summed E-state index contributed by atoms with van der Waals surface area (Å²) in [7, 11) is -2.21. The lowest BCUT2D eigenvalue weighted by Gasteiger charge is -2.14. The van der Waals surface area contributed by atoms with E-state index in [4.69, 9.17) is 0 Å². The molecule has 0 fully saturated rings. The highest BCUT2D eigenvalue weighted by atomic mass is 79.9. The molecular formula is C10H12BrF3N2O2S. The molecule has 2 N–H and O–H groups in total. The SMILES string of the molecule is CNS(=O)(=O)CCNc1cc(Br)ccc1C(F)(F)F. The molecule has 0 bridgehead atoms. The number of sulfonamides is 1. The zero-order valence-electron chi connectivity index (χ0n) is 9.88. The molecule has 0 aliphatic heterocycles. The van der Waals surface area contributed by atoms with E-state index in [2.05, 4.69) is 26.0 Å². The van der Waals surface area contributed by atoms with Crippen LogP contribution in [0, 0.1) is 0 Å². The fraction of sp³-hybridized carbons (Fsp3) is 0.400. The summed E-state index contributed by atoms with van der Waals surface area (Å²) in [6.45, 7) is -0.122. The summed E-state index contributed by atoms with van der Waals surface area (Å²) >= 11 is 3.07. The molecule has 0 spiro atoms. The molecule has 108 valence electrons. The fourth-order valence-electron chi connectivity index (χ4n) is 1.33. The third-order valence-electron chi connectivity index (χ3n) is 2.28. The molecule has 0 unspecified atom stereocenters. The fourth-order valence-corrected chi connectivity index (χ4v) is 2.27. The molecule has 1 rings (SSSR count). The van der Waals surface area contributed by atoms with E-state index in [-0.39, 0.29) is 18.0 Å². The van der Waals surface area contributed by atoms with Gasteiger partial charge in [0.05, 0.1) is 11.3 Å². The largest absolute Gasteiger partial charge is 0.418 e. The van der Waals surface area contributed by atoms with E-state index < -0.39 is 21.8 Å². The van der Waals surface area contributed by atoms with E-state index in [9.17, 15) is 21.6 Å². The predicted octanol–water partition coefficient (Wildman–Crippen LogP) is 2.43. The Bertz CT molecular complexity index is 546. The third kappa shape index (κ3) is 5.00. The van der Waals surface area contributed by atoms with Crippen LogP contribution in [-0.4, -0.2) is 27.8 Å². The Balaban J connectivity index is 2.86. The molecule has 0 aliphatic carbocycles. The molecule has 19 heavy (non-hydrogen) atoms. The van der Waals surface area contributed by atoms with Crippen molar-refractivity contribution in [3.8, 4) is 0 Å². The van der Waals surface area contributed by atoms with Crippen molar-refractivity contribution >= 4 is 31.6 Å². The summed E-state index contributed by atoms with van der Waals surface area (Å²) in [5.41, 5.74) is -0.995. The minimum Gasteiger partial charge on any atom is -0.383 e. The second-order valence-corrected chi connectivity index (χ2v) is 6.60. The highest BCUT2D eigenvalue weighted by molar-refractivity contribution is 9.10. The van der Waals surface area contributed by atoms with Crippen molar-refractivity contribution in [1.29, 1.82) is 0 Å². The summed E-state index contributed by atoms with van der Waals surface area (Å²) in [4.78, 5) is 0. The van der Waals surface area contributed by atoms with Crippen LogP contribution >= 0.6 is 15.9 Å². The van der Waals surface area contributed by atoms with Gasteiger partial charge in [-0.15, -0.1) is 0 Å². The van der Waals surface area contributed by atoms with Gasteiger partial charge in [0.15, 0.2) is 0 Å². The molecular weight excluding hydrogens is 349 g/mol. The molecule has 0 aromatic heterocycles. The Morgan fingerprint density at radius 3 is 2.47 bits per heavy atom. The monoisotopic (exact) mass is 360 g/mol. The predicted molar refractivity (Wildman–Crippen MR) is 70.5 cm³/mol. The summed E-state index contributed by atoms with van der Waals surface area (Å²) < 4.78 is 63.0. The Morgan fingerprint density at radius 2 is 1.95 bits per heavy atom. The van der Waals surface area contributed by atoms with Gasteiger partial charge in [0, 0.05) is 16.7 Å². The number of alkyl halides is 3. The lowest BCUT2D eigenvalue weighted by atomic mass is 10.1. The normalized spacial score (nSPS) is 12.5. The summed E-state index contributed by atoms with van der Waals surface area (Å²) in [5, 5.41) is 2.48. The van der Waals surface area contributed by atoms with E-state index in [0.717, 1.165) is 6.07 Å². The van der Waals surface area contributed by atoms with E-state index in [0.29, 0.717) is 4.47 Å². The number of hydrogen-bond acceptors (Lipinski definition) is 3. The van der Waals surface area contributed by atoms with Crippen LogP contribution in [0.1, 0.15) is 5.56 Å². The van der Waals surface area contributed by atoms with Crippen LogP contribution in [0.3, 0.4) is 0 Å². The molecule has 1 aromatic carbocycles. The maximum absolute atomic E-state index is 12.7. The van der Waals surface area contributed by atoms with Crippen LogP contribution < -0.4 is 10.0 Å². The molecule has 0 atom stereocenters. The van der Waals surface area contributed by atoms with Crippen LogP contribution in [-0.2, 0) is 16.2 Å². The highest BCUT2D eigenvalue weighted by Crippen LogP contribution is 2.36. The van der Waals surface area contributed by atoms with Crippen molar-refractivity contribution in [2.45, 2.75) is 6.18 Å². The molecule has 0 amide bonds. The molecule has 0 aliphatic rings. The summed E-state index contributed by atoms with van der Waals surface area (Å²) in [6, 6.07) is 3.46. The van der Waals surface area contributed by atoms with Gasteiger partial charge in [0.1, 0.15) is 0 Å². The molecule has 9 heteroatoms. The van der Waals surface area contributed by atoms with Crippen LogP contribution in [0.4, 0.5) is 18.9 Å². The first-order valence-corrected chi connectivity index (χ1v) is 7.62. The van der Waals surface area contributed by atoms with Crippen molar-refractivity contribution in [1.82, 2.24) is 4.72 Å². The lowest BCUT2D eigenvalue weighted by Crippen LogP contribution is -2.26. The van der Waals surface area contributed by atoms with Gasteiger partial charge in [0.25, 0.3) is 0 Å². The topological polar surface area (TPSA) is 58.2 Å². The molecule has 0 radical (unpaired) electrons. The smallest absolute Gasteiger partial charge is 0.383 e. The Labute approximate surface area is 117 Å². The van der Waals surface area contributed by atoms with Crippen molar-refractivity contribution in [3.05, 3.63) is 28.2 Å². The quantitative estimate of drug-likeness (QED) is 0.847. The number of nitrogens with one attached hydrogen (secondary N) is 2. The first-order valence-electron chi connectivity index (χ1n) is 5.17. The van der Waals surface area contributed by atoms with Gasteiger partial charge in [-0.3, -0.25) is 0 Å². The number of anilines is 1. The van der Waals surface area contributed by atoms with Gasteiger partial charge in [-0.25, -0.2) is 13.1 Å². The molecule has 1 aromatic rings. The Morgan fingerprint density at radius 1 is 1.32 bits per heavy atom. The number of benzene rings is 1. The van der Waals surface area contributed by atoms with Gasteiger partial charge in [-0.05, 0) is 25.2 Å². The molecule has 0 saturated heterocycles. The third-order valence-corrected chi connectivity index (χ3v) is 4.14. The first-order chi connectivity index (χ1) is 8.65. The highest BCUT2D eigenvalue weighted by Gasteiger charge is 2.33. The number of halogens is 4. The first kappa shape index (κ1) is 16.3. The van der Waals surface area contributed by atoms with Gasteiger partial charge in [-0.2, -0.15) is 13.2 Å². The van der Waals surface area contributed by atoms with Crippen molar-refractivity contribution in [3.63, 3.8) is 0 Å². The molecule has 0 saturated carbocycles. The average Bonchev–Trinajstić information content (AvgIpc) is 2.27. The maximum atomic E-state index is 12.7. The minimum absolute atomic E-state index is 0.122. The second kappa shape index (κ2) is 6.10. The Hall–Kier alpha value is -0.800. The summed E-state index contributed by atoms with van der Waals surface area (Å²) in [5.74, 6) is -0.312. The molecule has 4 nitrogen and oxygen atoms in total. The van der Waals surface area contributed by atoms with Crippen molar-refractivity contribution in [2.24, 2.45) is 0 Å². The van der Waals surface area contributed by atoms with Gasteiger partial charge >= 0.3 is 6.18 Å². The van der Waals surface area contributed by atoms with Crippen LogP contribution in [0.15, 0.2) is 22.7 Å². The zero-order chi connectivity index (χ0) is 14.7. The van der Waals surface area contributed by atoms with E-state index in [1.807, 2.05) is 0 Å². The zero-order valence-corrected chi connectivity index (χ0v) is 12.3. The summed E-state index contributed by atoms with van der Waals surface area (Å²) in [6.07, 6.45) is -4.50. The van der Waals surface area contributed by atoms with Gasteiger partial charge in [-0.1, -0.05) is 15.9 Å². The van der Waals surface area contributed by atoms with Crippen molar-refractivity contribution < 1.29 is 21.6 Å². The van der Waals surface area contributed by atoms with E-state index >= 15 is 0 Å². The van der Waals surface area contributed by atoms with E-state index in [1.165, 1.54) is 19.2 Å². The van der Waals surface area contributed by atoms with E-state index in [1.54, 1.807) is 0 Å². The van der Waals surface area contributed by atoms with Gasteiger partial charge in [0.2, 0.25) is 10.0 Å². The maximum Gasteiger partial charge on any atom is 0.418 e.